The summed E-state index contributed by atoms with van der Waals surface area (Å²) in [6, 6.07) is 0. The van der Waals surface area contributed by atoms with Crippen molar-refractivity contribution in [1.82, 2.24) is 10.3 Å². The van der Waals surface area contributed by atoms with E-state index in [1.807, 2.05) is 0 Å². The van der Waals surface area contributed by atoms with Gasteiger partial charge in [0, 0.05) is 28.6 Å². The first-order chi connectivity index (χ1) is 8.39. The molecule has 0 aliphatic carbocycles. The van der Waals surface area contributed by atoms with E-state index >= 15 is 0 Å². The van der Waals surface area contributed by atoms with Gasteiger partial charge in [0.2, 0.25) is 0 Å². The van der Waals surface area contributed by atoms with E-state index in [1.54, 1.807) is 11.3 Å². The minimum Gasteiger partial charge on any atom is -0.309 e. The van der Waals surface area contributed by atoms with Crippen molar-refractivity contribution in [3.63, 3.8) is 0 Å². The fraction of sp³-hybridized carbons (Fsp3) is 0.786. The lowest BCUT2D eigenvalue weighted by Crippen LogP contribution is -2.32. The standard InChI is InChI=1S/C14H24N2S2/c1-13(2,3)11-9-17-12(16-11)8-15-10-14(4)6-5-7-18-14/h9,15H,5-8,10H2,1-4H3. The molecule has 1 aromatic rings. The quantitative estimate of drug-likeness (QED) is 0.910. The van der Waals surface area contributed by atoms with Crippen LogP contribution in [-0.2, 0) is 12.0 Å². The zero-order valence-electron chi connectivity index (χ0n) is 11.9. The molecule has 1 fully saturated rings. The lowest BCUT2D eigenvalue weighted by molar-refractivity contribution is 0.532. The van der Waals surface area contributed by atoms with Crippen LogP contribution >= 0.6 is 23.1 Å². The molecule has 2 rings (SSSR count). The summed E-state index contributed by atoms with van der Waals surface area (Å²) in [6.45, 7) is 11.0. The Bertz CT molecular complexity index is 387. The molecule has 1 aliphatic heterocycles. The van der Waals surface area contributed by atoms with Gasteiger partial charge in [-0.3, -0.25) is 0 Å². The van der Waals surface area contributed by atoms with Crippen molar-refractivity contribution < 1.29 is 0 Å². The summed E-state index contributed by atoms with van der Waals surface area (Å²) in [5, 5.41) is 6.99. The van der Waals surface area contributed by atoms with E-state index in [4.69, 9.17) is 4.98 Å². The average Bonchev–Trinajstić information content (AvgIpc) is 2.87. The Morgan fingerprint density at radius 3 is 2.78 bits per heavy atom. The fourth-order valence-corrected chi connectivity index (χ4v) is 4.41. The summed E-state index contributed by atoms with van der Waals surface area (Å²) in [4.78, 5) is 4.72. The smallest absolute Gasteiger partial charge is 0.107 e. The Morgan fingerprint density at radius 1 is 1.44 bits per heavy atom. The third-order valence-corrected chi connectivity index (χ3v) is 5.78. The van der Waals surface area contributed by atoms with Gasteiger partial charge in [-0.25, -0.2) is 4.98 Å². The Balaban J connectivity index is 1.82. The van der Waals surface area contributed by atoms with Crippen molar-refractivity contribution in [2.75, 3.05) is 12.3 Å². The number of aromatic nitrogens is 1. The van der Waals surface area contributed by atoms with Crippen LogP contribution in [0.15, 0.2) is 5.38 Å². The second-order valence-electron chi connectivity index (χ2n) is 6.38. The van der Waals surface area contributed by atoms with Crippen molar-refractivity contribution >= 4 is 23.1 Å². The topological polar surface area (TPSA) is 24.9 Å². The molecule has 2 heterocycles. The van der Waals surface area contributed by atoms with E-state index in [-0.39, 0.29) is 5.41 Å². The number of hydrogen-bond donors (Lipinski definition) is 1. The van der Waals surface area contributed by atoms with Gasteiger partial charge in [-0.15, -0.1) is 11.3 Å². The van der Waals surface area contributed by atoms with Crippen LogP contribution in [-0.4, -0.2) is 22.0 Å². The highest BCUT2D eigenvalue weighted by Crippen LogP contribution is 2.37. The molecule has 1 N–H and O–H groups in total. The predicted octanol–water partition coefficient (Wildman–Crippen LogP) is 3.82. The van der Waals surface area contributed by atoms with Crippen LogP contribution in [0.25, 0.3) is 0 Å². The molecular formula is C14H24N2S2. The van der Waals surface area contributed by atoms with E-state index in [2.05, 4.69) is 50.2 Å². The average molecular weight is 284 g/mol. The largest absolute Gasteiger partial charge is 0.309 e. The van der Waals surface area contributed by atoms with Gasteiger partial charge in [-0.1, -0.05) is 20.8 Å². The first-order valence-electron chi connectivity index (χ1n) is 6.69. The number of nitrogens with one attached hydrogen (secondary N) is 1. The molecule has 0 saturated carbocycles. The van der Waals surface area contributed by atoms with Crippen LogP contribution < -0.4 is 5.32 Å². The first-order valence-corrected chi connectivity index (χ1v) is 8.55. The van der Waals surface area contributed by atoms with Gasteiger partial charge in [0.05, 0.1) is 5.69 Å². The summed E-state index contributed by atoms with van der Waals surface area (Å²) in [7, 11) is 0. The van der Waals surface area contributed by atoms with Crippen molar-refractivity contribution in [3.05, 3.63) is 16.1 Å². The zero-order chi connectivity index (χ0) is 13.2. The molecule has 0 aromatic carbocycles. The Hall–Kier alpha value is -0.0600. The molecule has 4 heteroatoms. The van der Waals surface area contributed by atoms with E-state index in [9.17, 15) is 0 Å². The third-order valence-electron chi connectivity index (χ3n) is 3.40. The monoisotopic (exact) mass is 284 g/mol. The maximum absolute atomic E-state index is 4.72. The summed E-state index contributed by atoms with van der Waals surface area (Å²) < 4.78 is 0.449. The SMILES string of the molecule is CC1(CNCc2nc(C(C)(C)C)cs2)CCCS1. The van der Waals surface area contributed by atoms with Crippen LogP contribution in [0, 0.1) is 0 Å². The highest BCUT2D eigenvalue weighted by Gasteiger charge is 2.28. The van der Waals surface area contributed by atoms with Crippen molar-refractivity contribution in [1.29, 1.82) is 0 Å². The van der Waals surface area contributed by atoms with Gasteiger partial charge in [-0.05, 0) is 25.5 Å². The summed E-state index contributed by atoms with van der Waals surface area (Å²) in [5.41, 5.74) is 1.38. The molecule has 2 nitrogen and oxygen atoms in total. The number of rotatable bonds is 4. The van der Waals surface area contributed by atoms with Crippen molar-refractivity contribution in [3.8, 4) is 0 Å². The molecule has 0 amide bonds. The summed E-state index contributed by atoms with van der Waals surface area (Å²) in [6.07, 6.45) is 2.71. The van der Waals surface area contributed by atoms with E-state index in [0.717, 1.165) is 13.1 Å². The Morgan fingerprint density at radius 2 is 2.22 bits per heavy atom. The summed E-state index contributed by atoms with van der Waals surface area (Å²) in [5.74, 6) is 1.32. The Labute approximate surface area is 119 Å². The molecule has 0 bridgehead atoms. The van der Waals surface area contributed by atoms with Gasteiger partial charge >= 0.3 is 0 Å². The van der Waals surface area contributed by atoms with Crippen LogP contribution in [0.3, 0.4) is 0 Å². The lowest BCUT2D eigenvalue weighted by Gasteiger charge is -2.22. The van der Waals surface area contributed by atoms with Gasteiger partial charge in [0.25, 0.3) is 0 Å². The van der Waals surface area contributed by atoms with Gasteiger partial charge in [0.1, 0.15) is 5.01 Å². The van der Waals surface area contributed by atoms with E-state index in [1.165, 1.54) is 29.3 Å². The fourth-order valence-electron chi connectivity index (χ4n) is 2.15. The molecule has 18 heavy (non-hydrogen) atoms. The first kappa shape index (κ1) is 14.4. The highest BCUT2D eigenvalue weighted by molar-refractivity contribution is 8.00. The third kappa shape index (κ3) is 3.72. The van der Waals surface area contributed by atoms with Crippen LogP contribution in [0.2, 0.25) is 0 Å². The molecule has 102 valence electrons. The molecular weight excluding hydrogens is 260 g/mol. The second-order valence-corrected chi connectivity index (χ2v) is 9.01. The number of thiazole rings is 1. The molecule has 0 radical (unpaired) electrons. The minimum absolute atomic E-state index is 0.169. The Kier molecular flexibility index (Phi) is 4.40. The van der Waals surface area contributed by atoms with E-state index < -0.39 is 0 Å². The maximum atomic E-state index is 4.72. The number of thioether (sulfide) groups is 1. The molecule has 1 aromatic heterocycles. The molecule has 1 aliphatic rings. The molecule has 1 atom stereocenters. The van der Waals surface area contributed by atoms with Crippen LogP contribution in [0.5, 0.6) is 0 Å². The summed E-state index contributed by atoms with van der Waals surface area (Å²) >= 11 is 3.89. The van der Waals surface area contributed by atoms with Gasteiger partial charge < -0.3 is 5.32 Å². The second kappa shape index (κ2) is 5.51. The highest BCUT2D eigenvalue weighted by atomic mass is 32.2. The van der Waals surface area contributed by atoms with Crippen LogP contribution in [0.1, 0.15) is 51.2 Å². The predicted molar refractivity (Wildman–Crippen MR) is 82.6 cm³/mol. The maximum Gasteiger partial charge on any atom is 0.107 e. The normalized spacial score (nSPS) is 24.7. The molecule has 0 spiro atoms. The van der Waals surface area contributed by atoms with E-state index in [0.29, 0.717) is 4.75 Å². The zero-order valence-corrected chi connectivity index (χ0v) is 13.5. The molecule has 1 unspecified atom stereocenters. The number of nitrogens with zero attached hydrogens (tertiary/aromatic N) is 1. The molecule has 1 saturated heterocycles. The lowest BCUT2D eigenvalue weighted by atomic mass is 9.93. The van der Waals surface area contributed by atoms with Gasteiger partial charge in [0.15, 0.2) is 0 Å². The minimum atomic E-state index is 0.169. The van der Waals surface area contributed by atoms with Crippen molar-refractivity contribution in [2.24, 2.45) is 0 Å². The van der Waals surface area contributed by atoms with Crippen LogP contribution in [0.4, 0.5) is 0 Å². The number of hydrogen-bond acceptors (Lipinski definition) is 4. The van der Waals surface area contributed by atoms with Crippen molar-refractivity contribution in [2.45, 2.75) is 57.2 Å². The van der Waals surface area contributed by atoms with Gasteiger partial charge in [-0.2, -0.15) is 11.8 Å².